The standard InChI is InChI=1S/C21H22FN3OS/c1-14(20(26)23-17-9-3-2-8-16(17)22)25-12-6-7-15(13-25)21-24-18-10-4-5-11-19(18)27-21/h2-5,8-11,14-15H,6-7,12-13H2,1H3,(H,23,26)/t14-,15+/m0/s1. The van der Waals surface area contributed by atoms with Crippen LogP contribution in [0.1, 0.15) is 30.7 Å². The number of benzene rings is 2. The lowest BCUT2D eigenvalue weighted by atomic mass is 9.97. The first kappa shape index (κ1) is 18.1. The van der Waals surface area contributed by atoms with Gasteiger partial charge in [-0.15, -0.1) is 11.3 Å². The van der Waals surface area contributed by atoms with E-state index < -0.39 is 5.82 Å². The van der Waals surface area contributed by atoms with E-state index in [0.717, 1.165) is 36.5 Å². The fourth-order valence-electron chi connectivity index (χ4n) is 3.59. The first-order valence-corrected chi connectivity index (χ1v) is 10.1. The Kier molecular flexibility index (Phi) is 5.18. The van der Waals surface area contributed by atoms with Gasteiger partial charge in [-0.1, -0.05) is 24.3 Å². The molecular formula is C21H22FN3OS. The highest BCUT2D eigenvalue weighted by atomic mass is 32.1. The number of thiazole rings is 1. The normalized spacial score (nSPS) is 19.1. The van der Waals surface area contributed by atoms with E-state index in [1.165, 1.54) is 10.8 Å². The Balaban J connectivity index is 1.45. The molecule has 1 saturated heterocycles. The molecule has 2 heterocycles. The van der Waals surface area contributed by atoms with E-state index in [2.05, 4.69) is 16.3 Å². The van der Waals surface area contributed by atoms with Crippen LogP contribution in [-0.4, -0.2) is 34.9 Å². The van der Waals surface area contributed by atoms with Gasteiger partial charge in [0, 0.05) is 12.5 Å². The molecule has 2 atom stereocenters. The van der Waals surface area contributed by atoms with Gasteiger partial charge in [0.15, 0.2) is 0 Å². The summed E-state index contributed by atoms with van der Waals surface area (Å²) in [6, 6.07) is 14.1. The monoisotopic (exact) mass is 383 g/mol. The Bertz CT molecular complexity index is 924. The molecule has 6 heteroatoms. The Morgan fingerprint density at radius 2 is 2.04 bits per heavy atom. The van der Waals surface area contributed by atoms with E-state index in [1.807, 2.05) is 25.1 Å². The molecule has 27 heavy (non-hydrogen) atoms. The fraction of sp³-hybridized carbons (Fsp3) is 0.333. The van der Waals surface area contributed by atoms with Crippen molar-refractivity contribution in [2.45, 2.75) is 31.7 Å². The zero-order valence-electron chi connectivity index (χ0n) is 15.2. The zero-order chi connectivity index (χ0) is 18.8. The van der Waals surface area contributed by atoms with Gasteiger partial charge in [-0.3, -0.25) is 9.69 Å². The SMILES string of the molecule is C[C@@H](C(=O)Nc1ccccc1F)N1CCC[C@@H](c2nc3ccccc3s2)C1. The first-order chi connectivity index (χ1) is 13.1. The predicted octanol–water partition coefficient (Wildman–Crippen LogP) is 4.64. The molecule has 0 bridgehead atoms. The van der Waals surface area contributed by atoms with Gasteiger partial charge >= 0.3 is 0 Å². The second kappa shape index (κ2) is 7.74. The number of hydrogen-bond donors (Lipinski definition) is 1. The summed E-state index contributed by atoms with van der Waals surface area (Å²) in [5, 5.41) is 3.86. The molecule has 1 aliphatic heterocycles. The van der Waals surface area contributed by atoms with Crippen LogP contribution in [0.25, 0.3) is 10.2 Å². The minimum Gasteiger partial charge on any atom is -0.322 e. The average molecular weight is 383 g/mol. The van der Waals surface area contributed by atoms with Gasteiger partial charge in [0.2, 0.25) is 5.91 Å². The van der Waals surface area contributed by atoms with Crippen molar-refractivity contribution < 1.29 is 9.18 Å². The maximum Gasteiger partial charge on any atom is 0.241 e. The van der Waals surface area contributed by atoms with Gasteiger partial charge in [-0.2, -0.15) is 0 Å². The zero-order valence-corrected chi connectivity index (χ0v) is 16.0. The maximum atomic E-state index is 13.8. The van der Waals surface area contributed by atoms with Gasteiger partial charge in [0.05, 0.1) is 27.0 Å². The molecule has 1 aromatic heterocycles. The summed E-state index contributed by atoms with van der Waals surface area (Å²) < 4.78 is 15.0. The fourth-order valence-corrected chi connectivity index (χ4v) is 4.68. The van der Waals surface area contributed by atoms with Crippen LogP contribution in [-0.2, 0) is 4.79 Å². The molecule has 2 aromatic carbocycles. The topological polar surface area (TPSA) is 45.2 Å². The minimum atomic E-state index is -0.413. The number of carbonyl (C=O) groups is 1. The molecule has 4 rings (SSSR count). The molecular weight excluding hydrogens is 361 g/mol. The molecule has 1 fully saturated rings. The third-order valence-corrected chi connectivity index (χ3v) is 6.37. The minimum absolute atomic E-state index is 0.176. The third-order valence-electron chi connectivity index (χ3n) is 5.17. The van der Waals surface area contributed by atoms with Crippen molar-refractivity contribution in [1.29, 1.82) is 0 Å². The van der Waals surface area contributed by atoms with Crippen molar-refractivity contribution in [3.05, 3.63) is 59.4 Å². The van der Waals surface area contributed by atoms with Crippen molar-refractivity contribution in [2.75, 3.05) is 18.4 Å². The van der Waals surface area contributed by atoms with Crippen molar-refractivity contribution in [2.24, 2.45) is 0 Å². The van der Waals surface area contributed by atoms with Crippen LogP contribution in [0.4, 0.5) is 10.1 Å². The van der Waals surface area contributed by atoms with Crippen LogP contribution in [0.2, 0.25) is 0 Å². The molecule has 0 aliphatic carbocycles. The van der Waals surface area contributed by atoms with E-state index in [4.69, 9.17) is 4.98 Å². The smallest absolute Gasteiger partial charge is 0.241 e. The lowest BCUT2D eigenvalue weighted by Gasteiger charge is -2.35. The molecule has 0 radical (unpaired) electrons. The third kappa shape index (κ3) is 3.87. The van der Waals surface area contributed by atoms with E-state index in [1.54, 1.807) is 29.5 Å². The molecule has 3 aromatic rings. The number of halogens is 1. The molecule has 4 nitrogen and oxygen atoms in total. The van der Waals surface area contributed by atoms with Crippen LogP contribution in [0.5, 0.6) is 0 Å². The lowest BCUT2D eigenvalue weighted by molar-refractivity contribution is -0.121. The van der Waals surface area contributed by atoms with E-state index in [9.17, 15) is 9.18 Å². The van der Waals surface area contributed by atoms with E-state index >= 15 is 0 Å². The number of aromatic nitrogens is 1. The Morgan fingerprint density at radius 3 is 2.85 bits per heavy atom. The highest BCUT2D eigenvalue weighted by Gasteiger charge is 2.30. The number of hydrogen-bond acceptors (Lipinski definition) is 4. The highest BCUT2D eigenvalue weighted by molar-refractivity contribution is 7.18. The molecule has 1 amide bonds. The number of fused-ring (bicyclic) bond motifs is 1. The predicted molar refractivity (Wildman–Crippen MR) is 108 cm³/mol. The Morgan fingerprint density at radius 1 is 1.26 bits per heavy atom. The number of nitrogens with one attached hydrogen (secondary N) is 1. The maximum absolute atomic E-state index is 13.8. The second-order valence-electron chi connectivity index (χ2n) is 7.00. The summed E-state index contributed by atoms with van der Waals surface area (Å²) >= 11 is 1.74. The first-order valence-electron chi connectivity index (χ1n) is 9.27. The number of para-hydroxylation sites is 2. The summed E-state index contributed by atoms with van der Waals surface area (Å²) in [6.07, 6.45) is 2.11. The molecule has 140 valence electrons. The summed E-state index contributed by atoms with van der Waals surface area (Å²) in [6.45, 7) is 3.55. The summed E-state index contributed by atoms with van der Waals surface area (Å²) in [7, 11) is 0. The number of nitrogens with zero attached hydrogens (tertiary/aromatic N) is 2. The van der Waals surface area contributed by atoms with E-state index in [-0.39, 0.29) is 17.6 Å². The van der Waals surface area contributed by atoms with Gasteiger partial charge in [-0.05, 0) is 50.6 Å². The van der Waals surface area contributed by atoms with Crippen LogP contribution in [0.15, 0.2) is 48.5 Å². The lowest BCUT2D eigenvalue weighted by Crippen LogP contribution is -2.46. The Labute approximate surface area is 162 Å². The molecule has 0 saturated carbocycles. The van der Waals surface area contributed by atoms with Gasteiger partial charge in [0.25, 0.3) is 0 Å². The van der Waals surface area contributed by atoms with Crippen LogP contribution >= 0.6 is 11.3 Å². The largest absolute Gasteiger partial charge is 0.322 e. The number of carbonyl (C=O) groups excluding carboxylic acids is 1. The second-order valence-corrected chi connectivity index (χ2v) is 8.06. The van der Waals surface area contributed by atoms with Gasteiger partial charge < -0.3 is 5.32 Å². The number of likely N-dealkylation sites (tertiary alicyclic amines) is 1. The van der Waals surface area contributed by atoms with Crippen LogP contribution < -0.4 is 5.32 Å². The van der Waals surface area contributed by atoms with Gasteiger partial charge in [0.1, 0.15) is 5.82 Å². The van der Waals surface area contributed by atoms with Crippen molar-refractivity contribution in [1.82, 2.24) is 9.88 Å². The molecule has 0 spiro atoms. The highest BCUT2D eigenvalue weighted by Crippen LogP contribution is 2.33. The molecule has 1 aliphatic rings. The Hall–Kier alpha value is -2.31. The number of rotatable bonds is 4. The van der Waals surface area contributed by atoms with Crippen molar-refractivity contribution in [3.8, 4) is 0 Å². The number of amides is 1. The van der Waals surface area contributed by atoms with E-state index in [0.29, 0.717) is 5.92 Å². The van der Waals surface area contributed by atoms with Crippen molar-refractivity contribution >= 4 is 33.1 Å². The average Bonchev–Trinajstić information content (AvgIpc) is 3.13. The molecule has 0 unspecified atom stereocenters. The quantitative estimate of drug-likeness (QED) is 0.714. The molecule has 1 N–H and O–H groups in total. The van der Waals surface area contributed by atoms with Crippen molar-refractivity contribution in [3.63, 3.8) is 0 Å². The summed E-state index contributed by atoms with van der Waals surface area (Å²) in [5.41, 5.74) is 1.27. The number of piperidine rings is 1. The van der Waals surface area contributed by atoms with Gasteiger partial charge in [-0.25, -0.2) is 9.37 Å². The summed E-state index contributed by atoms with van der Waals surface area (Å²) in [5.74, 6) is -0.256. The van der Waals surface area contributed by atoms with Crippen LogP contribution in [0.3, 0.4) is 0 Å². The summed E-state index contributed by atoms with van der Waals surface area (Å²) in [4.78, 5) is 19.6. The number of anilines is 1. The van der Waals surface area contributed by atoms with Crippen LogP contribution in [0, 0.1) is 5.82 Å².